The van der Waals surface area contributed by atoms with Gasteiger partial charge in [0.05, 0.1) is 18.5 Å². The van der Waals surface area contributed by atoms with E-state index in [1.807, 2.05) is 0 Å². The quantitative estimate of drug-likeness (QED) is 0.345. The summed E-state index contributed by atoms with van der Waals surface area (Å²) in [6.45, 7) is -1.43. The molecule has 5 nitrogen and oxygen atoms in total. The minimum atomic E-state index is -4.88. The lowest BCUT2D eigenvalue weighted by Gasteiger charge is -2.23. The Morgan fingerprint density at radius 3 is 2.22 bits per heavy atom. The van der Waals surface area contributed by atoms with Gasteiger partial charge in [0.2, 0.25) is 0 Å². The molecule has 0 saturated heterocycles. The molecular weight excluding hydrogens is 380 g/mol. The van der Waals surface area contributed by atoms with Crippen molar-refractivity contribution in [2.75, 3.05) is 24.4 Å². The highest BCUT2D eigenvalue weighted by molar-refractivity contribution is 5.79. The van der Waals surface area contributed by atoms with Crippen molar-refractivity contribution in [3.63, 3.8) is 0 Å². The summed E-state index contributed by atoms with van der Waals surface area (Å²) in [6.07, 6.45) is -9.43. The highest BCUT2D eigenvalue weighted by Crippen LogP contribution is 2.37. The van der Waals surface area contributed by atoms with E-state index in [9.17, 15) is 26.3 Å². The molecule has 11 heteroatoms. The number of benzene rings is 2. The smallest absolute Gasteiger partial charge is 0.496 e. The highest BCUT2D eigenvalue weighted by atomic mass is 19.4. The number of nitrogens with zero attached hydrogens (tertiary/aromatic N) is 1. The number of alkyl halides is 6. The molecule has 0 unspecified atom stereocenters. The molecule has 0 fully saturated rings. The third-order valence-electron chi connectivity index (χ3n) is 3.41. The average molecular weight is 395 g/mol. The van der Waals surface area contributed by atoms with E-state index in [4.69, 9.17) is 16.3 Å². The van der Waals surface area contributed by atoms with Gasteiger partial charge < -0.3 is 15.2 Å². The van der Waals surface area contributed by atoms with Crippen molar-refractivity contribution in [2.45, 2.75) is 12.5 Å². The predicted molar refractivity (Wildman–Crippen MR) is 87.1 cm³/mol. The van der Waals surface area contributed by atoms with E-state index in [0.717, 1.165) is 12.1 Å². The minimum absolute atomic E-state index is 0.00138. The molecule has 0 heterocycles. The van der Waals surface area contributed by atoms with Crippen molar-refractivity contribution in [2.24, 2.45) is 5.84 Å². The van der Waals surface area contributed by atoms with Crippen molar-refractivity contribution in [3.8, 4) is 22.6 Å². The van der Waals surface area contributed by atoms with Gasteiger partial charge in [-0.2, -0.15) is 13.2 Å². The number of rotatable bonds is 5. The van der Waals surface area contributed by atoms with Crippen molar-refractivity contribution >= 4 is 11.4 Å². The Morgan fingerprint density at radius 2 is 1.67 bits per heavy atom. The molecule has 0 atom stereocenters. The van der Waals surface area contributed by atoms with Crippen molar-refractivity contribution in [1.82, 2.24) is 0 Å². The first kappa shape index (κ1) is 20.5. The van der Waals surface area contributed by atoms with Crippen LogP contribution in [-0.4, -0.2) is 26.2 Å². The van der Waals surface area contributed by atoms with Crippen LogP contribution in [0.2, 0.25) is 0 Å². The van der Waals surface area contributed by atoms with Crippen LogP contribution in [0, 0.1) is 0 Å². The molecule has 0 saturated carbocycles. The van der Waals surface area contributed by atoms with E-state index in [2.05, 4.69) is 4.74 Å². The Kier molecular flexibility index (Phi) is 5.64. The highest BCUT2D eigenvalue weighted by Gasteiger charge is 2.32. The van der Waals surface area contributed by atoms with Crippen LogP contribution in [0.15, 0.2) is 36.4 Å². The van der Waals surface area contributed by atoms with E-state index >= 15 is 0 Å². The molecule has 0 aliphatic heterocycles. The molecule has 4 N–H and O–H groups in total. The zero-order valence-electron chi connectivity index (χ0n) is 13.9. The van der Waals surface area contributed by atoms with Crippen LogP contribution in [0.1, 0.15) is 0 Å². The summed E-state index contributed by atoms with van der Waals surface area (Å²) < 4.78 is 83.6. The second-order valence-corrected chi connectivity index (χ2v) is 5.43. The largest absolute Gasteiger partial charge is 0.573 e. The molecule has 0 radical (unpaired) electrons. The van der Waals surface area contributed by atoms with Crippen LogP contribution in [-0.2, 0) is 0 Å². The maximum atomic E-state index is 12.6. The molecule has 148 valence electrons. The lowest BCUT2D eigenvalue weighted by Crippen LogP contribution is -2.40. The summed E-state index contributed by atoms with van der Waals surface area (Å²) in [5, 5.41) is 0.437. The second-order valence-electron chi connectivity index (χ2n) is 5.43. The fourth-order valence-corrected chi connectivity index (χ4v) is 2.35. The fraction of sp³-hybridized carbons (Fsp3) is 0.250. The third-order valence-corrected chi connectivity index (χ3v) is 3.41. The molecule has 0 spiro atoms. The number of hydrogen-bond donors (Lipinski definition) is 2. The first-order valence-corrected chi connectivity index (χ1v) is 7.32. The molecule has 0 amide bonds. The van der Waals surface area contributed by atoms with E-state index in [1.165, 1.54) is 31.4 Å². The third kappa shape index (κ3) is 5.58. The number of nitrogens with two attached hydrogens (primary N) is 2. The predicted octanol–water partition coefficient (Wildman–Crippen LogP) is 4.09. The number of hydrazine groups is 1. The molecular formula is C16H15F6N3O2. The van der Waals surface area contributed by atoms with Crippen LogP contribution in [0.5, 0.6) is 11.5 Å². The van der Waals surface area contributed by atoms with Gasteiger partial charge in [-0.3, -0.25) is 5.01 Å². The molecule has 2 aromatic rings. The summed E-state index contributed by atoms with van der Waals surface area (Å²) in [5.74, 6) is 4.97. The minimum Gasteiger partial charge on any atom is -0.496 e. The number of ether oxygens (including phenoxy) is 2. The molecule has 0 bridgehead atoms. The summed E-state index contributed by atoms with van der Waals surface area (Å²) in [7, 11) is 1.23. The Labute approximate surface area is 150 Å². The topological polar surface area (TPSA) is 73.7 Å². The first-order chi connectivity index (χ1) is 12.4. The van der Waals surface area contributed by atoms with Gasteiger partial charge in [-0.15, -0.1) is 13.2 Å². The van der Waals surface area contributed by atoms with Crippen molar-refractivity contribution < 1.29 is 35.8 Å². The number of nitrogen functional groups attached to an aromatic ring is 1. The van der Waals surface area contributed by atoms with Gasteiger partial charge in [-0.25, -0.2) is 5.84 Å². The fourth-order valence-electron chi connectivity index (χ4n) is 2.35. The Morgan fingerprint density at radius 1 is 1.00 bits per heavy atom. The van der Waals surface area contributed by atoms with Crippen LogP contribution < -0.4 is 26.1 Å². The summed E-state index contributed by atoms with van der Waals surface area (Å²) in [4.78, 5) is 0. The lowest BCUT2D eigenvalue weighted by molar-refractivity contribution is -0.274. The maximum Gasteiger partial charge on any atom is 0.573 e. The number of methoxy groups -OCH3 is 1. The molecule has 2 aromatic carbocycles. The maximum absolute atomic E-state index is 12.6. The SMILES string of the molecule is COc1cc(OC(F)(F)F)ccc1-c1ccc(N)c(N(N)CC(F)(F)F)c1. The van der Waals surface area contributed by atoms with E-state index in [0.29, 0.717) is 16.1 Å². The van der Waals surface area contributed by atoms with E-state index in [-0.39, 0.29) is 17.1 Å². The zero-order valence-corrected chi connectivity index (χ0v) is 13.9. The van der Waals surface area contributed by atoms with Gasteiger partial charge in [-0.05, 0) is 29.8 Å². The normalized spacial score (nSPS) is 12.0. The monoisotopic (exact) mass is 395 g/mol. The van der Waals surface area contributed by atoms with E-state index < -0.39 is 24.8 Å². The van der Waals surface area contributed by atoms with Crippen LogP contribution >= 0.6 is 0 Å². The standard InChI is InChI=1S/C16H15F6N3O2/c1-26-14-7-10(27-16(20,21)22)3-4-11(14)9-2-5-12(23)13(6-9)25(24)8-15(17,18)19/h2-7H,8,23-24H2,1H3. The molecule has 0 aromatic heterocycles. The van der Waals surface area contributed by atoms with Gasteiger partial charge in [0.25, 0.3) is 0 Å². The number of anilines is 2. The Hall–Kier alpha value is -2.82. The van der Waals surface area contributed by atoms with Crippen LogP contribution in [0.3, 0.4) is 0 Å². The molecule has 0 aliphatic rings. The summed E-state index contributed by atoms with van der Waals surface area (Å²) in [6, 6.07) is 7.43. The summed E-state index contributed by atoms with van der Waals surface area (Å²) in [5.41, 5.74) is 6.25. The van der Waals surface area contributed by atoms with Crippen molar-refractivity contribution in [1.29, 1.82) is 0 Å². The van der Waals surface area contributed by atoms with Crippen molar-refractivity contribution in [3.05, 3.63) is 36.4 Å². The zero-order chi connectivity index (χ0) is 20.4. The van der Waals surface area contributed by atoms with Gasteiger partial charge >= 0.3 is 12.5 Å². The molecule has 27 heavy (non-hydrogen) atoms. The Balaban J connectivity index is 2.42. The Bertz CT molecular complexity index is 808. The average Bonchev–Trinajstić information content (AvgIpc) is 2.52. The van der Waals surface area contributed by atoms with E-state index in [1.54, 1.807) is 0 Å². The first-order valence-electron chi connectivity index (χ1n) is 7.32. The molecule has 0 aliphatic carbocycles. The summed E-state index contributed by atoms with van der Waals surface area (Å²) >= 11 is 0. The van der Waals surface area contributed by atoms with Crippen LogP contribution in [0.25, 0.3) is 11.1 Å². The van der Waals surface area contributed by atoms with Gasteiger partial charge in [-0.1, -0.05) is 6.07 Å². The van der Waals surface area contributed by atoms with Gasteiger partial charge in [0.1, 0.15) is 18.0 Å². The second kappa shape index (κ2) is 7.43. The van der Waals surface area contributed by atoms with Crippen LogP contribution in [0.4, 0.5) is 37.7 Å². The number of halogens is 6. The molecule has 2 rings (SSSR count). The van der Waals surface area contributed by atoms with Gasteiger partial charge in [0.15, 0.2) is 0 Å². The van der Waals surface area contributed by atoms with Gasteiger partial charge in [0, 0.05) is 11.6 Å². The number of hydrogen-bond acceptors (Lipinski definition) is 5. The lowest BCUT2D eigenvalue weighted by atomic mass is 10.0.